The minimum Gasteiger partial charge on any atom is -0.253 e. The van der Waals surface area contributed by atoms with Gasteiger partial charge in [-0.1, -0.05) is 20.8 Å². The van der Waals surface area contributed by atoms with Crippen molar-refractivity contribution in [2.75, 3.05) is 0 Å². The monoisotopic (exact) mass is 191 g/mol. The molecule has 1 aromatic rings. The molecule has 3 heteroatoms. The van der Waals surface area contributed by atoms with Crippen molar-refractivity contribution in [3.63, 3.8) is 0 Å². The third-order valence-electron chi connectivity index (χ3n) is 2.20. The van der Waals surface area contributed by atoms with Gasteiger partial charge in [-0.05, 0) is 19.9 Å². The Labute approximate surface area is 85.4 Å². The minimum absolute atomic E-state index is 0.0385. The van der Waals surface area contributed by atoms with Crippen molar-refractivity contribution in [1.82, 2.24) is 9.78 Å². The summed E-state index contributed by atoms with van der Waals surface area (Å²) in [6, 6.07) is 4.19. The molecule has 0 radical (unpaired) electrons. The fourth-order valence-corrected chi connectivity index (χ4v) is 1.09. The molecule has 0 aliphatic heterocycles. The summed E-state index contributed by atoms with van der Waals surface area (Å²) in [7, 11) is 0. The van der Waals surface area contributed by atoms with Crippen molar-refractivity contribution in [3.8, 4) is 6.07 Å². The molecule has 1 rings (SSSR count). The number of rotatable bonds is 1. The Morgan fingerprint density at radius 2 is 1.86 bits per heavy atom. The van der Waals surface area contributed by atoms with Crippen LogP contribution in [0.4, 0.5) is 0 Å². The van der Waals surface area contributed by atoms with E-state index in [4.69, 9.17) is 5.26 Å². The highest BCUT2D eigenvalue weighted by Gasteiger charge is 2.23. The zero-order valence-electron chi connectivity index (χ0n) is 9.50. The van der Waals surface area contributed by atoms with Gasteiger partial charge in [-0.2, -0.15) is 10.4 Å². The Morgan fingerprint density at radius 1 is 1.29 bits per heavy atom. The molecular weight excluding hydrogens is 174 g/mol. The molecule has 0 aromatic carbocycles. The van der Waals surface area contributed by atoms with Crippen LogP contribution in [0.3, 0.4) is 0 Å². The summed E-state index contributed by atoms with van der Waals surface area (Å²) < 4.78 is 1.72. The summed E-state index contributed by atoms with van der Waals surface area (Å²) in [5.74, 6) is 0. The van der Waals surface area contributed by atoms with Crippen LogP contribution in [0.1, 0.15) is 40.3 Å². The van der Waals surface area contributed by atoms with E-state index in [9.17, 15) is 0 Å². The smallest absolute Gasteiger partial charge is 0.143 e. The molecular formula is C11H17N3. The lowest BCUT2D eigenvalue weighted by Crippen LogP contribution is -2.25. The van der Waals surface area contributed by atoms with Crippen molar-refractivity contribution >= 4 is 0 Å². The van der Waals surface area contributed by atoms with E-state index in [1.807, 2.05) is 26.1 Å². The second-order valence-corrected chi connectivity index (χ2v) is 5.07. The maximum atomic E-state index is 8.95. The SMILES string of the molecule is CC(C)(C)c1ccn(C(C)(C)C#N)n1. The van der Waals surface area contributed by atoms with Crippen molar-refractivity contribution in [3.05, 3.63) is 18.0 Å². The van der Waals surface area contributed by atoms with E-state index in [2.05, 4.69) is 31.9 Å². The Hall–Kier alpha value is -1.30. The first kappa shape index (κ1) is 10.8. The quantitative estimate of drug-likeness (QED) is 0.684. The van der Waals surface area contributed by atoms with Gasteiger partial charge in [0.15, 0.2) is 0 Å². The van der Waals surface area contributed by atoms with E-state index in [0.29, 0.717) is 0 Å². The first-order chi connectivity index (χ1) is 6.27. The second kappa shape index (κ2) is 3.13. The highest BCUT2D eigenvalue weighted by molar-refractivity contribution is 5.13. The maximum absolute atomic E-state index is 8.95. The Morgan fingerprint density at radius 3 is 2.21 bits per heavy atom. The van der Waals surface area contributed by atoms with Gasteiger partial charge in [-0.15, -0.1) is 0 Å². The van der Waals surface area contributed by atoms with Crippen LogP contribution in [-0.4, -0.2) is 9.78 Å². The fraction of sp³-hybridized carbons (Fsp3) is 0.636. The molecule has 0 amide bonds. The molecule has 0 saturated carbocycles. The predicted octanol–water partition coefficient (Wildman–Crippen LogP) is 2.44. The molecule has 3 nitrogen and oxygen atoms in total. The Bertz CT molecular complexity index is 361. The van der Waals surface area contributed by atoms with Gasteiger partial charge in [-0.25, -0.2) is 0 Å². The van der Waals surface area contributed by atoms with Crippen molar-refractivity contribution in [2.24, 2.45) is 0 Å². The zero-order chi connectivity index (χ0) is 11.0. The van der Waals surface area contributed by atoms with E-state index >= 15 is 0 Å². The minimum atomic E-state index is -0.566. The van der Waals surface area contributed by atoms with Crippen LogP contribution < -0.4 is 0 Å². The Balaban J connectivity index is 3.08. The molecule has 0 spiro atoms. The molecule has 14 heavy (non-hydrogen) atoms. The Kier molecular flexibility index (Phi) is 2.41. The first-order valence-corrected chi connectivity index (χ1v) is 4.75. The second-order valence-electron chi connectivity index (χ2n) is 5.07. The molecule has 0 aliphatic rings. The average Bonchev–Trinajstić information content (AvgIpc) is 2.51. The van der Waals surface area contributed by atoms with Crippen LogP contribution in [0.5, 0.6) is 0 Å². The predicted molar refractivity (Wildman–Crippen MR) is 55.9 cm³/mol. The molecule has 0 fully saturated rings. The summed E-state index contributed by atoms with van der Waals surface area (Å²) in [6.07, 6.45) is 1.86. The van der Waals surface area contributed by atoms with Crippen molar-refractivity contribution in [1.29, 1.82) is 5.26 Å². The van der Waals surface area contributed by atoms with Crippen molar-refractivity contribution < 1.29 is 0 Å². The summed E-state index contributed by atoms with van der Waals surface area (Å²) in [4.78, 5) is 0. The van der Waals surface area contributed by atoms with Crippen LogP contribution in [0.15, 0.2) is 12.3 Å². The number of hydrogen-bond donors (Lipinski definition) is 0. The largest absolute Gasteiger partial charge is 0.253 e. The third kappa shape index (κ3) is 1.95. The van der Waals surface area contributed by atoms with Crippen LogP contribution in [0.2, 0.25) is 0 Å². The molecule has 0 saturated heterocycles. The lowest BCUT2D eigenvalue weighted by atomic mass is 9.93. The number of nitriles is 1. The molecule has 0 bridgehead atoms. The standard InChI is InChI=1S/C11H17N3/c1-10(2,3)9-6-7-14(13-9)11(4,5)8-12/h6-7H,1-5H3. The van der Waals surface area contributed by atoms with Gasteiger partial charge in [0.25, 0.3) is 0 Å². The highest BCUT2D eigenvalue weighted by atomic mass is 15.3. The zero-order valence-corrected chi connectivity index (χ0v) is 9.50. The normalized spacial score (nSPS) is 12.6. The number of hydrogen-bond acceptors (Lipinski definition) is 2. The van der Waals surface area contributed by atoms with Crippen LogP contribution >= 0.6 is 0 Å². The van der Waals surface area contributed by atoms with Gasteiger partial charge in [0.05, 0.1) is 11.8 Å². The van der Waals surface area contributed by atoms with Gasteiger partial charge in [0.2, 0.25) is 0 Å². The topological polar surface area (TPSA) is 41.6 Å². The number of nitrogens with zero attached hydrogens (tertiary/aromatic N) is 3. The van der Waals surface area contributed by atoms with Gasteiger partial charge in [0.1, 0.15) is 5.54 Å². The van der Waals surface area contributed by atoms with E-state index in [-0.39, 0.29) is 5.41 Å². The van der Waals surface area contributed by atoms with Crippen LogP contribution in [-0.2, 0) is 11.0 Å². The fourth-order valence-electron chi connectivity index (χ4n) is 1.09. The summed E-state index contributed by atoms with van der Waals surface area (Å²) >= 11 is 0. The summed E-state index contributed by atoms with van der Waals surface area (Å²) in [5, 5.41) is 13.4. The van der Waals surface area contributed by atoms with Crippen LogP contribution in [0, 0.1) is 11.3 Å². The van der Waals surface area contributed by atoms with Crippen LogP contribution in [0.25, 0.3) is 0 Å². The van der Waals surface area contributed by atoms with Gasteiger partial charge >= 0.3 is 0 Å². The summed E-state index contributed by atoms with van der Waals surface area (Å²) in [6.45, 7) is 10.0. The highest BCUT2D eigenvalue weighted by Crippen LogP contribution is 2.22. The molecule has 1 aromatic heterocycles. The third-order valence-corrected chi connectivity index (χ3v) is 2.20. The van der Waals surface area contributed by atoms with Gasteiger partial charge in [0, 0.05) is 11.6 Å². The van der Waals surface area contributed by atoms with Gasteiger partial charge in [-0.3, -0.25) is 4.68 Å². The first-order valence-electron chi connectivity index (χ1n) is 4.75. The number of aromatic nitrogens is 2. The molecule has 1 heterocycles. The van der Waals surface area contributed by atoms with Crippen molar-refractivity contribution in [2.45, 2.75) is 45.6 Å². The molecule has 0 unspecified atom stereocenters. The molecule has 0 aliphatic carbocycles. The molecule has 76 valence electrons. The average molecular weight is 191 g/mol. The van der Waals surface area contributed by atoms with E-state index < -0.39 is 5.54 Å². The van der Waals surface area contributed by atoms with E-state index in [0.717, 1.165) is 5.69 Å². The summed E-state index contributed by atoms with van der Waals surface area (Å²) in [5.41, 5.74) is 0.487. The molecule has 0 N–H and O–H groups in total. The van der Waals surface area contributed by atoms with E-state index in [1.165, 1.54) is 0 Å². The molecule has 0 atom stereocenters. The maximum Gasteiger partial charge on any atom is 0.143 e. The lowest BCUT2D eigenvalue weighted by molar-refractivity contribution is 0.406. The van der Waals surface area contributed by atoms with Gasteiger partial charge < -0.3 is 0 Å². The van der Waals surface area contributed by atoms with E-state index in [1.54, 1.807) is 4.68 Å². The lowest BCUT2D eigenvalue weighted by Gasteiger charge is -2.18.